The predicted octanol–water partition coefficient (Wildman–Crippen LogP) is 2.23. The van der Waals surface area contributed by atoms with Crippen LogP contribution in [0.5, 0.6) is 0 Å². The molecule has 7 heteroatoms. The molecule has 1 aromatic carbocycles. The number of benzene rings is 1. The molecule has 1 aromatic rings. The first-order valence-electron chi connectivity index (χ1n) is 6.90. The third-order valence-electron chi connectivity index (χ3n) is 3.67. The molecule has 0 aliphatic carbocycles. The van der Waals surface area contributed by atoms with Crippen LogP contribution < -0.4 is 9.62 Å². The number of hydrogen-bond donors (Lipinski definition) is 1. The number of piperidine rings is 1. The maximum Gasteiger partial charge on any atom is 0.211 e. The van der Waals surface area contributed by atoms with Gasteiger partial charge in [-0.1, -0.05) is 6.07 Å². The smallest absolute Gasteiger partial charge is 0.211 e. The van der Waals surface area contributed by atoms with Gasteiger partial charge >= 0.3 is 0 Å². The van der Waals surface area contributed by atoms with E-state index in [1.54, 1.807) is 6.92 Å². The maximum atomic E-state index is 11.6. The number of halogens is 1. The molecule has 1 heterocycles. The SMILES string of the molecule is CCS(=O)(=O)NC1CCN(c2cccc(Br)c2C#N)CC1. The Morgan fingerprint density at radius 2 is 2.10 bits per heavy atom. The molecule has 1 fully saturated rings. The number of nitriles is 1. The van der Waals surface area contributed by atoms with Gasteiger partial charge in [0.05, 0.1) is 17.0 Å². The van der Waals surface area contributed by atoms with E-state index >= 15 is 0 Å². The van der Waals surface area contributed by atoms with Crippen molar-refractivity contribution in [1.29, 1.82) is 5.26 Å². The molecule has 0 radical (unpaired) electrons. The minimum absolute atomic E-state index is 0.0103. The molecule has 1 N–H and O–H groups in total. The summed E-state index contributed by atoms with van der Waals surface area (Å²) in [6.07, 6.45) is 1.49. The molecule has 1 saturated heterocycles. The normalized spacial score (nSPS) is 16.7. The van der Waals surface area contributed by atoms with Crippen molar-refractivity contribution in [1.82, 2.24) is 4.72 Å². The van der Waals surface area contributed by atoms with Crippen LogP contribution in [-0.4, -0.2) is 33.3 Å². The van der Waals surface area contributed by atoms with Crippen molar-refractivity contribution in [2.24, 2.45) is 0 Å². The molecular formula is C14H18BrN3O2S. The molecule has 0 unspecified atom stereocenters. The van der Waals surface area contributed by atoms with Crippen molar-refractivity contribution in [3.63, 3.8) is 0 Å². The van der Waals surface area contributed by atoms with Gasteiger partial charge in [0.2, 0.25) is 10.0 Å². The van der Waals surface area contributed by atoms with Crippen LogP contribution in [0.4, 0.5) is 5.69 Å². The number of rotatable bonds is 4. The highest BCUT2D eigenvalue weighted by Gasteiger charge is 2.24. The van der Waals surface area contributed by atoms with Crippen LogP contribution in [0.2, 0.25) is 0 Å². The average Bonchev–Trinajstić information content (AvgIpc) is 2.47. The van der Waals surface area contributed by atoms with Crippen molar-refractivity contribution in [2.45, 2.75) is 25.8 Å². The van der Waals surface area contributed by atoms with Crippen molar-refractivity contribution in [3.8, 4) is 6.07 Å². The van der Waals surface area contributed by atoms with Crippen LogP contribution in [0, 0.1) is 11.3 Å². The van der Waals surface area contributed by atoms with Crippen LogP contribution >= 0.6 is 15.9 Å². The Bertz CT molecular complexity index is 647. The molecule has 0 amide bonds. The monoisotopic (exact) mass is 371 g/mol. The van der Waals surface area contributed by atoms with Crippen molar-refractivity contribution >= 4 is 31.6 Å². The molecule has 1 aliphatic heterocycles. The third kappa shape index (κ3) is 3.96. The quantitative estimate of drug-likeness (QED) is 0.880. The molecular weight excluding hydrogens is 354 g/mol. The zero-order valence-electron chi connectivity index (χ0n) is 11.8. The van der Waals surface area contributed by atoms with E-state index in [1.165, 1.54) is 0 Å². The Labute approximate surface area is 134 Å². The summed E-state index contributed by atoms with van der Waals surface area (Å²) in [6, 6.07) is 7.90. The summed E-state index contributed by atoms with van der Waals surface area (Å²) < 4.78 is 26.7. The lowest BCUT2D eigenvalue weighted by molar-refractivity contribution is 0.460. The van der Waals surface area contributed by atoms with E-state index in [1.807, 2.05) is 18.2 Å². The first-order valence-corrected chi connectivity index (χ1v) is 9.35. The van der Waals surface area contributed by atoms with Crippen molar-refractivity contribution in [3.05, 3.63) is 28.2 Å². The highest BCUT2D eigenvalue weighted by molar-refractivity contribution is 9.10. The second-order valence-corrected chi connectivity index (χ2v) is 7.93. The van der Waals surface area contributed by atoms with Gasteiger partial charge in [0, 0.05) is 23.6 Å². The zero-order valence-corrected chi connectivity index (χ0v) is 14.2. The van der Waals surface area contributed by atoms with Crippen molar-refractivity contribution < 1.29 is 8.42 Å². The van der Waals surface area contributed by atoms with Gasteiger partial charge < -0.3 is 4.90 Å². The van der Waals surface area contributed by atoms with E-state index in [-0.39, 0.29) is 11.8 Å². The largest absolute Gasteiger partial charge is 0.370 e. The minimum atomic E-state index is -3.15. The second kappa shape index (κ2) is 6.77. The first-order chi connectivity index (χ1) is 9.96. The third-order valence-corrected chi connectivity index (χ3v) is 5.78. The lowest BCUT2D eigenvalue weighted by atomic mass is 10.0. The number of hydrogen-bond acceptors (Lipinski definition) is 4. The van der Waals surface area contributed by atoms with Gasteiger partial charge in [0.15, 0.2) is 0 Å². The summed E-state index contributed by atoms with van der Waals surface area (Å²) in [4.78, 5) is 2.14. The highest BCUT2D eigenvalue weighted by Crippen LogP contribution is 2.29. The molecule has 2 rings (SSSR count). The van der Waals surface area contributed by atoms with E-state index in [0.29, 0.717) is 5.56 Å². The van der Waals surface area contributed by atoms with E-state index in [2.05, 4.69) is 31.6 Å². The minimum Gasteiger partial charge on any atom is -0.370 e. The average molecular weight is 372 g/mol. The van der Waals surface area contributed by atoms with Gasteiger partial charge in [-0.15, -0.1) is 0 Å². The first kappa shape index (κ1) is 16.3. The molecule has 21 heavy (non-hydrogen) atoms. The zero-order chi connectivity index (χ0) is 15.5. The van der Waals surface area contributed by atoms with Gasteiger partial charge in [-0.25, -0.2) is 13.1 Å². The van der Waals surface area contributed by atoms with Crippen LogP contribution in [0.1, 0.15) is 25.3 Å². The molecule has 0 aromatic heterocycles. The second-order valence-electron chi connectivity index (χ2n) is 5.03. The Balaban J connectivity index is 2.05. The van der Waals surface area contributed by atoms with Gasteiger partial charge in [0.1, 0.15) is 6.07 Å². The summed E-state index contributed by atoms with van der Waals surface area (Å²) in [6.45, 7) is 3.11. The number of anilines is 1. The lowest BCUT2D eigenvalue weighted by Gasteiger charge is -2.34. The molecule has 5 nitrogen and oxygen atoms in total. The summed E-state index contributed by atoms with van der Waals surface area (Å²) in [5.74, 6) is 0.109. The summed E-state index contributed by atoms with van der Waals surface area (Å²) in [5, 5.41) is 9.27. The standard InChI is InChI=1S/C14H18BrN3O2S/c1-2-21(19,20)17-11-6-8-18(9-7-11)14-5-3-4-13(15)12(14)10-16/h3-5,11,17H,2,6-9H2,1H3. The van der Waals surface area contributed by atoms with E-state index in [0.717, 1.165) is 36.1 Å². The predicted molar refractivity (Wildman–Crippen MR) is 86.7 cm³/mol. The molecule has 0 spiro atoms. The van der Waals surface area contributed by atoms with Crippen LogP contribution in [0.15, 0.2) is 22.7 Å². The van der Waals surface area contributed by atoms with E-state index < -0.39 is 10.0 Å². The fraction of sp³-hybridized carbons (Fsp3) is 0.500. The molecule has 1 aliphatic rings. The maximum absolute atomic E-state index is 11.6. The van der Waals surface area contributed by atoms with Crippen LogP contribution in [-0.2, 0) is 10.0 Å². The van der Waals surface area contributed by atoms with Crippen molar-refractivity contribution in [2.75, 3.05) is 23.7 Å². The van der Waals surface area contributed by atoms with Gasteiger partial charge in [-0.2, -0.15) is 5.26 Å². The molecule has 0 bridgehead atoms. The summed E-state index contributed by atoms with van der Waals surface area (Å²) in [7, 11) is -3.15. The Morgan fingerprint density at radius 3 is 2.67 bits per heavy atom. The summed E-state index contributed by atoms with van der Waals surface area (Å²) >= 11 is 3.39. The fourth-order valence-corrected chi connectivity index (χ4v) is 3.82. The number of sulfonamides is 1. The molecule has 0 atom stereocenters. The topological polar surface area (TPSA) is 73.2 Å². The highest BCUT2D eigenvalue weighted by atomic mass is 79.9. The summed E-state index contributed by atoms with van der Waals surface area (Å²) in [5.41, 5.74) is 1.54. The Morgan fingerprint density at radius 1 is 1.43 bits per heavy atom. The van der Waals surface area contributed by atoms with Gasteiger partial charge in [0.25, 0.3) is 0 Å². The van der Waals surface area contributed by atoms with Gasteiger partial charge in [-0.05, 0) is 47.8 Å². The molecule has 0 saturated carbocycles. The van der Waals surface area contributed by atoms with Crippen LogP contribution in [0.3, 0.4) is 0 Å². The molecule has 114 valence electrons. The van der Waals surface area contributed by atoms with E-state index in [4.69, 9.17) is 0 Å². The lowest BCUT2D eigenvalue weighted by Crippen LogP contribution is -2.45. The fourth-order valence-electron chi connectivity index (χ4n) is 2.46. The Kier molecular flexibility index (Phi) is 5.25. The van der Waals surface area contributed by atoms with E-state index in [9.17, 15) is 13.7 Å². The van der Waals surface area contributed by atoms with Crippen LogP contribution in [0.25, 0.3) is 0 Å². The Hall–Kier alpha value is -1.10. The van der Waals surface area contributed by atoms with Gasteiger partial charge in [-0.3, -0.25) is 0 Å². The number of nitrogens with one attached hydrogen (secondary N) is 1. The number of nitrogens with zero attached hydrogens (tertiary/aromatic N) is 2.